The van der Waals surface area contributed by atoms with Crippen molar-refractivity contribution in [3.05, 3.63) is 34.7 Å². The highest BCUT2D eigenvalue weighted by atomic mass is 32.2. The molecule has 2 heterocycles. The van der Waals surface area contributed by atoms with Gasteiger partial charge in [0.25, 0.3) is 0 Å². The van der Waals surface area contributed by atoms with Crippen molar-refractivity contribution in [2.45, 2.75) is 51.2 Å². The first kappa shape index (κ1) is 20.5. The van der Waals surface area contributed by atoms with E-state index in [-0.39, 0.29) is 17.3 Å². The van der Waals surface area contributed by atoms with Crippen molar-refractivity contribution in [3.8, 4) is 0 Å². The molecular weight excluding hydrogens is 374 g/mol. The third-order valence-electron chi connectivity index (χ3n) is 5.09. The number of amides is 1. The second-order valence-corrected chi connectivity index (χ2v) is 8.31. The molecule has 1 aromatic heterocycles. The maximum Gasteiger partial charge on any atom is 0.343 e. The van der Waals surface area contributed by atoms with E-state index in [9.17, 15) is 9.59 Å². The van der Waals surface area contributed by atoms with Crippen molar-refractivity contribution in [3.63, 3.8) is 0 Å². The SMILES string of the molecule is CCCCn1c(SCC(=O)Nc2ccc(N3CCC(C)CC3)cc2)n[nH]c1=O. The van der Waals surface area contributed by atoms with Gasteiger partial charge >= 0.3 is 5.69 Å². The van der Waals surface area contributed by atoms with E-state index in [0.29, 0.717) is 11.7 Å². The molecule has 8 heteroatoms. The van der Waals surface area contributed by atoms with Gasteiger partial charge in [-0.25, -0.2) is 9.89 Å². The van der Waals surface area contributed by atoms with Gasteiger partial charge < -0.3 is 10.2 Å². The van der Waals surface area contributed by atoms with E-state index in [1.807, 2.05) is 12.1 Å². The molecule has 0 atom stereocenters. The number of anilines is 2. The highest BCUT2D eigenvalue weighted by Crippen LogP contribution is 2.24. The molecule has 1 aliphatic rings. The highest BCUT2D eigenvalue weighted by Gasteiger charge is 2.16. The molecule has 2 aromatic rings. The van der Waals surface area contributed by atoms with Crippen molar-refractivity contribution in [2.75, 3.05) is 29.1 Å². The van der Waals surface area contributed by atoms with Crippen LogP contribution in [-0.4, -0.2) is 39.5 Å². The van der Waals surface area contributed by atoms with Crippen LogP contribution < -0.4 is 15.9 Å². The molecule has 0 aliphatic carbocycles. The fraction of sp³-hybridized carbons (Fsp3) is 0.550. The zero-order valence-electron chi connectivity index (χ0n) is 16.6. The van der Waals surface area contributed by atoms with Crippen molar-refractivity contribution in [2.24, 2.45) is 5.92 Å². The monoisotopic (exact) mass is 403 g/mol. The fourth-order valence-electron chi connectivity index (χ4n) is 3.28. The molecular formula is C20H29N5O2S. The standard InChI is InChI=1S/C20H29N5O2S/c1-3-4-11-25-19(27)22-23-20(25)28-14-18(26)21-16-5-7-17(8-6-16)24-12-9-15(2)10-13-24/h5-8,15H,3-4,9-14H2,1-2H3,(H,21,26)(H,22,27). The van der Waals surface area contributed by atoms with Gasteiger partial charge in [-0.2, -0.15) is 0 Å². The van der Waals surface area contributed by atoms with Crippen LogP contribution >= 0.6 is 11.8 Å². The Morgan fingerprint density at radius 3 is 2.68 bits per heavy atom. The minimum Gasteiger partial charge on any atom is -0.372 e. The number of thioether (sulfide) groups is 1. The van der Waals surface area contributed by atoms with Gasteiger partial charge in [0.15, 0.2) is 5.16 Å². The quantitative estimate of drug-likeness (QED) is 0.661. The molecule has 0 bridgehead atoms. The second-order valence-electron chi connectivity index (χ2n) is 7.37. The van der Waals surface area contributed by atoms with Gasteiger partial charge in [-0.3, -0.25) is 9.36 Å². The van der Waals surface area contributed by atoms with Crippen molar-refractivity contribution < 1.29 is 4.79 Å². The minimum absolute atomic E-state index is 0.109. The van der Waals surface area contributed by atoms with E-state index in [1.165, 1.54) is 30.3 Å². The van der Waals surface area contributed by atoms with Gasteiger partial charge in [-0.1, -0.05) is 32.0 Å². The Kier molecular flexibility index (Phi) is 7.19. The molecule has 3 rings (SSSR count). The van der Waals surface area contributed by atoms with Crippen molar-refractivity contribution in [1.29, 1.82) is 0 Å². The number of aromatic nitrogens is 3. The predicted molar refractivity (Wildman–Crippen MR) is 114 cm³/mol. The number of nitrogens with one attached hydrogen (secondary N) is 2. The summed E-state index contributed by atoms with van der Waals surface area (Å²) in [6, 6.07) is 8.02. The Morgan fingerprint density at radius 1 is 1.29 bits per heavy atom. The number of carbonyl (C=O) groups excluding carboxylic acids is 1. The largest absolute Gasteiger partial charge is 0.372 e. The third-order valence-corrected chi connectivity index (χ3v) is 6.07. The summed E-state index contributed by atoms with van der Waals surface area (Å²) in [4.78, 5) is 26.5. The van der Waals surface area contributed by atoms with E-state index < -0.39 is 0 Å². The van der Waals surface area contributed by atoms with Gasteiger partial charge in [0.05, 0.1) is 5.75 Å². The number of piperidine rings is 1. The van der Waals surface area contributed by atoms with Gasteiger partial charge in [-0.05, 0) is 49.4 Å². The summed E-state index contributed by atoms with van der Waals surface area (Å²) in [6.07, 6.45) is 4.36. The third kappa shape index (κ3) is 5.41. The van der Waals surface area contributed by atoms with Crippen molar-refractivity contribution >= 4 is 29.0 Å². The number of H-pyrrole nitrogens is 1. The Balaban J connectivity index is 1.50. The Morgan fingerprint density at radius 2 is 2.00 bits per heavy atom. The average molecular weight is 404 g/mol. The van der Waals surface area contributed by atoms with E-state index in [1.54, 1.807) is 4.57 Å². The van der Waals surface area contributed by atoms with E-state index in [2.05, 4.69) is 46.4 Å². The molecule has 28 heavy (non-hydrogen) atoms. The summed E-state index contributed by atoms with van der Waals surface area (Å²) in [6.45, 7) is 7.18. The number of aromatic amines is 1. The number of benzene rings is 1. The molecule has 1 aromatic carbocycles. The molecule has 1 fully saturated rings. The van der Waals surface area contributed by atoms with E-state index >= 15 is 0 Å². The average Bonchev–Trinajstić information content (AvgIpc) is 3.05. The van der Waals surface area contributed by atoms with Crippen LogP contribution in [0.15, 0.2) is 34.2 Å². The molecule has 7 nitrogen and oxygen atoms in total. The van der Waals surface area contributed by atoms with Crippen molar-refractivity contribution in [1.82, 2.24) is 14.8 Å². The molecule has 0 unspecified atom stereocenters. The first-order chi connectivity index (χ1) is 13.6. The zero-order valence-corrected chi connectivity index (χ0v) is 17.4. The Labute approximate surface area is 169 Å². The van der Waals surface area contributed by atoms with Crippen LogP contribution in [0, 0.1) is 5.92 Å². The molecule has 2 N–H and O–H groups in total. The maximum atomic E-state index is 12.3. The number of rotatable bonds is 8. The molecule has 1 saturated heterocycles. The van der Waals surface area contributed by atoms with Crippen LogP contribution in [0.1, 0.15) is 39.5 Å². The van der Waals surface area contributed by atoms with E-state index in [0.717, 1.165) is 37.5 Å². The predicted octanol–water partition coefficient (Wildman–Crippen LogP) is 3.34. The van der Waals surface area contributed by atoms with E-state index in [4.69, 9.17) is 0 Å². The van der Waals surface area contributed by atoms with Crippen LogP contribution in [0.25, 0.3) is 0 Å². The summed E-state index contributed by atoms with van der Waals surface area (Å²) >= 11 is 1.27. The summed E-state index contributed by atoms with van der Waals surface area (Å²) in [5, 5.41) is 9.95. The molecule has 0 spiro atoms. The molecule has 152 valence electrons. The maximum absolute atomic E-state index is 12.3. The topological polar surface area (TPSA) is 83.0 Å². The Hall–Kier alpha value is -2.22. The van der Waals surface area contributed by atoms with Crippen LogP contribution in [0.3, 0.4) is 0 Å². The lowest BCUT2D eigenvalue weighted by molar-refractivity contribution is -0.113. The second kappa shape index (κ2) is 9.82. The molecule has 0 radical (unpaired) electrons. The van der Waals surface area contributed by atoms with Crippen LogP contribution in [0.5, 0.6) is 0 Å². The van der Waals surface area contributed by atoms with Gasteiger partial charge in [0.1, 0.15) is 0 Å². The first-order valence-corrected chi connectivity index (χ1v) is 11.0. The lowest BCUT2D eigenvalue weighted by Crippen LogP contribution is -2.32. The van der Waals surface area contributed by atoms with Gasteiger partial charge in [0, 0.05) is 31.0 Å². The summed E-state index contributed by atoms with van der Waals surface area (Å²) in [5.41, 5.74) is 1.76. The van der Waals surface area contributed by atoms with Crippen LogP contribution in [0.4, 0.5) is 11.4 Å². The lowest BCUT2D eigenvalue weighted by atomic mass is 9.99. The lowest BCUT2D eigenvalue weighted by Gasteiger charge is -2.32. The summed E-state index contributed by atoms with van der Waals surface area (Å²) in [7, 11) is 0. The van der Waals surface area contributed by atoms with Gasteiger partial charge in [0.2, 0.25) is 5.91 Å². The number of nitrogens with zero attached hydrogens (tertiary/aromatic N) is 3. The van der Waals surface area contributed by atoms with Crippen LogP contribution in [-0.2, 0) is 11.3 Å². The number of unbranched alkanes of at least 4 members (excludes halogenated alkanes) is 1. The number of hydrogen-bond acceptors (Lipinski definition) is 5. The number of carbonyl (C=O) groups is 1. The van der Waals surface area contributed by atoms with Gasteiger partial charge in [-0.15, -0.1) is 5.10 Å². The first-order valence-electron chi connectivity index (χ1n) is 9.99. The number of hydrogen-bond donors (Lipinski definition) is 2. The van der Waals surface area contributed by atoms with Crippen LogP contribution in [0.2, 0.25) is 0 Å². The normalized spacial score (nSPS) is 15.0. The summed E-state index contributed by atoms with van der Waals surface area (Å²) < 4.78 is 1.59. The smallest absolute Gasteiger partial charge is 0.343 e. The zero-order chi connectivity index (χ0) is 19.9. The fourth-order valence-corrected chi connectivity index (χ4v) is 4.05. The molecule has 1 aliphatic heterocycles. The highest BCUT2D eigenvalue weighted by molar-refractivity contribution is 7.99. The Bertz CT molecular complexity index is 822. The molecule has 1 amide bonds. The molecule has 0 saturated carbocycles. The summed E-state index contributed by atoms with van der Waals surface area (Å²) in [5.74, 6) is 0.907. The minimum atomic E-state index is -0.223.